The second-order valence-corrected chi connectivity index (χ2v) is 3.32. The average Bonchev–Trinajstić information content (AvgIpc) is 2.19. The smallest absolute Gasteiger partial charge is 0.0726 e. The maximum atomic E-state index is 9.54. The third-order valence-corrected chi connectivity index (χ3v) is 2.09. The van der Waals surface area contributed by atoms with Crippen molar-refractivity contribution in [3.05, 3.63) is 24.5 Å². The molecule has 1 heterocycles. The highest BCUT2D eigenvalue weighted by molar-refractivity contribution is 5.43. The predicted octanol–water partition coefficient (Wildman–Crippen LogP) is 0.227. The number of anilines is 1. The molecule has 0 aliphatic heterocycles. The fourth-order valence-corrected chi connectivity index (χ4v) is 1.30. The highest BCUT2D eigenvalue weighted by Crippen LogP contribution is 2.10. The maximum Gasteiger partial charge on any atom is 0.0726 e. The predicted molar refractivity (Wildman–Crippen MR) is 57.2 cm³/mol. The summed E-state index contributed by atoms with van der Waals surface area (Å²) in [5.41, 5.74) is 6.41. The summed E-state index contributed by atoms with van der Waals surface area (Å²) in [7, 11) is 1.94. The molecule has 3 N–H and O–H groups in total. The van der Waals surface area contributed by atoms with Crippen LogP contribution >= 0.6 is 0 Å². The van der Waals surface area contributed by atoms with Crippen molar-refractivity contribution in [3.8, 4) is 0 Å². The number of rotatable bonds is 5. The van der Waals surface area contributed by atoms with E-state index >= 15 is 0 Å². The Morgan fingerprint density at radius 2 is 2.14 bits per heavy atom. The molecule has 0 saturated carbocycles. The van der Waals surface area contributed by atoms with Crippen LogP contribution in [0.4, 0.5) is 5.69 Å². The number of aromatic nitrogens is 1. The van der Waals surface area contributed by atoms with Crippen LogP contribution in [0.3, 0.4) is 0 Å². The van der Waals surface area contributed by atoms with E-state index in [0.29, 0.717) is 19.5 Å². The van der Waals surface area contributed by atoms with Gasteiger partial charge in [0, 0.05) is 31.7 Å². The molecule has 0 amide bonds. The van der Waals surface area contributed by atoms with E-state index < -0.39 is 0 Å². The molecule has 0 aliphatic rings. The van der Waals surface area contributed by atoms with Gasteiger partial charge in [-0.2, -0.15) is 0 Å². The SMILES string of the molecule is CN(CC(O)CCN)c1ccncc1. The fourth-order valence-electron chi connectivity index (χ4n) is 1.30. The van der Waals surface area contributed by atoms with Crippen molar-refractivity contribution in [2.24, 2.45) is 5.73 Å². The second-order valence-electron chi connectivity index (χ2n) is 3.32. The Hall–Kier alpha value is -1.13. The Kier molecular flexibility index (Phi) is 4.35. The van der Waals surface area contributed by atoms with E-state index in [2.05, 4.69) is 4.98 Å². The Morgan fingerprint density at radius 3 is 2.71 bits per heavy atom. The number of nitrogens with two attached hydrogens (primary N) is 1. The van der Waals surface area contributed by atoms with Crippen LogP contribution in [0.5, 0.6) is 0 Å². The minimum atomic E-state index is -0.363. The van der Waals surface area contributed by atoms with E-state index in [9.17, 15) is 5.11 Å². The summed E-state index contributed by atoms with van der Waals surface area (Å²) in [6.45, 7) is 1.12. The summed E-state index contributed by atoms with van der Waals surface area (Å²) in [6.07, 6.45) is 3.75. The van der Waals surface area contributed by atoms with Crippen LogP contribution in [0.15, 0.2) is 24.5 Å². The average molecular weight is 195 g/mol. The minimum Gasteiger partial charge on any atom is -0.391 e. The van der Waals surface area contributed by atoms with Crippen molar-refractivity contribution >= 4 is 5.69 Å². The summed E-state index contributed by atoms with van der Waals surface area (Å²) in [5.74, 6) is 0. The number of hydrogen-bond donors (Lipinski definition) is 2. The summed E-state index contributed by atoms with van der Waals surface area (Å²) < 4.78 is 0. The van der Waals surface area contributed by atoms with Crippen LogP contribution in [0.1, 0.15) is 6.42 Å². The molecule has 1 aromatic heterocycles. The van der Waals surface area contributed by atoms with Crippen LogP contribution in [0.25, 0.3) is 0 Å². The molecule has 0 aromatic carbocycles. The first kappa shape index (κ1) is 10.9. The van der Waals surface area contributed by atoms with Gasteiger partial charge in [0.15, 0.2) is 0 Å². The molecule has 1 unspecified atom stereocenters. The van der Waals surface area contributed by atoms with Crippen molar-refractivity contribution in [3.63, 3.8) is 0 Å². The molecule has 0 saturated heterocycles. The van der Waals surface area contributed by atoms with Gasteiger partial charge in [0.05, 0.1) is 6.10 Å². The Morgan fingerprint density at radius 1 is 1.50 bits per heavy atom. The number of aliphatic hydroxyl groups is 1. The Labute approximate surface area is 84.4 Å². The Balaban J connectivity index is 2.46. The molecule has 0 bridgehead atoms. The molecular formula is C10H17N3O. The highest BCUT2D eigenvalue weighted by Gasteiger charge is 2.07. The van der Waals surface area contributed by atoms with Gasteiger partial charge in [0.25, 0.3) is 0 Å². The molecule has 14 heavy (non-hydrogen) atoms. The summed E-state index contributed by atoms with van der Waals surface area (Å²) >= 11 is 0. The van der Waals surface area contributed by atoms with E-state index in [1.54, 1.807) is 12.4 Å². The monoisotopic (exact) mass is 195 g/mol. The largest absolute Gasteiger partial charge is 0.391 e. The second kappa shape index (κ2) is 5.57. The summed E-state index contributed by atoms with van der Waals surface area (Å²) in [6, 6.07) is 3.82. The number of pyridine rings is 1. The maximum absolute atomic E-state index is 9.54. The van der Waals surface area contributed by atoms with Crippen LogP contribution in [-0.2, 0) is 0 Å². The van der Waals surface area contributed by atoms with Crippen LogP contribution in [0.2, 0.25) is 0 Å². The van der Waals surface area contributed by atoms with Crippen LogP contribution in [0, 0.1) is 0 Å². The number of likely N-dealkylation sites (N-methyl/N-ethyl adjacent to an activating group) is 1. The standard InChI is InChI=1S/C10H17N3O/c1-13(8-10(14)2-5-11)9-3-6-12-7-4-9/h3-4,6-7,10,14H,2,5,8,11H2,1H3. The summed E-state index contributed by atoms with van der Waals surface area (Å²) in [5, 5.41) is 9.54. The third kappa shape index (κ3) is 3.32. The van der Waals surface area contributed by atoms with Gasteiger partial charge in [-0.05, 0) is 25.1 Å². The van der Waals surface area contributed by atoms with E-state index in [-0.39, 0.29) is 6.10 Å². The number of hydrogen-bond acceptors (Lipinski definition) is 4. The molecule has 1 rings (SSSR count). The zero-order valence-corrected chi connectivity index (χ0v) is 8.43. The molecule has 1 atom stereocenters. The lowest BCUT2D eigenvalue weighted by atomic mass is 10.2. The quantitative estimate of drug-likeness (QED) is 0.706. The van der Waals surface area contributed by atoms with Crippen molar-refractivity contribution in [1.82, 2.24) is 4.98 Å². The molecule has 0 spiro atoms. The lowest BCUT2D eigenvalue weighted by Gasteiger charge is -2.22. The van der Waals surface area contributed by atoms with Gasteiger partial charge in [0.2, 0.25) is 0 Å². The highest BCUT2D eigenvalue weighted by atomic mass is 16.3. The normalized spacial score (nSPS) is 12.5. The molecule has 4 heteroatoms. The van der Waals surface area contributed by atoms with Gasteiger partial charge in [-0.25, -0.2) is 0 Å². The molecule has 0 radical (unpaired) electrons. The van der Waals surface area contributed by atoms with Gasteiger partial charge in [-0.1, -0.05) is 0 Å². The summed E-state index contributed by atoms with van der Waals surface area (Å²) in [4.78, 5) is 5.92. The minimum absolute atomic E-state index is 0.363. The third-order valence-electron chi connectivity index (χ3n) is 2.09. The van der Waals surface area contributed by atoms with Crippen molar-refractivity contribution in [1.29, 1.82) is 0 Å². The molecule has 4 nitrogen and oxygen atoms in total. The van der Waals surface area contributed by atoms with E-state index in [4.69, 9.17) is 5.73 Å². The molecule has 1 aromatic rings. The van der Waals surface area contributed by atoms with Gasteiger partial charge in [-0.15, -0.1) is 0 Å². The van der Waals surface area contributed by atoms with Crippen molar-refractivity contribution in [2.45, 2.75) is 12.5 Å². The van der Waals surface area contributed by atoms with E-state index in [1.165, 1.54) is 0 Å². The first-order valence-electron chi connectivity index (χ1n) is 4.73. The fraction of sp³-hybridized carbons (Fsp3) is 0.500. The van der Waals surface area contributed by atoms with Crippen LogP contribution < -0.4 is 10.6 Å². The molecular weight excluding hydrogens is 178 g/mol. The van der Waals surface area contributed by atoms with Gasteiger partial charge in [0.1, 0.15) is 0 Å². The van der Waals surface area contributed by atoms with Gasteiger partial charge >= 0.3 is 0 Å². The molecule has 0 fully saturated rings. The first-order valence-corrected chi connectivity index (χ1v) is 4.73. The van der Waals surface area contributed by atoms with Crippen molar-refractivity contribution in [2.75, 3.05) is 25.0 Å². The van der Waals surface area contributed by atoms with Crippen molar-refractivity contribution < 1.29 is 5.11 Å². The zero-order valence-electron chi connectivity index (χ0n) is 8.43. The van der Waals surface area contributed by atoms with Crippen LogP contribution in [-0.4, -0.2) is 36.3 Å². The number of nitrogens with zero attached hydrogens (tertiary/aromatic N) is 2. The topological polar surface area (TPSA) is 62.4 Å². The molecule has 0 aliphatic carbocycles. The van der Waals surface area contributed by atoms with E-state index in [0.717, 1.165) is 5.69 Å². The lowest BCUT2D eigenvalue weighted by molar-refractivity contribution is 0.174. The van der Waals surface area contributed by atoms with Gasteiger partial charge < -0.3 is 15.7 Å². The van der Waals surface area contributed by atoms with E-state index in [1.807, 2.05) is 24.1 Å². The number of aliphatic hydroxyl groups excluding tert-OH is 1. The molecule has 78 valence electrons. The van der Waals surface area contributed by atoms with Gasteiger partial charge in [-0.3, -0.25) is 4.98 Å². The zero-order chi connectivity index (χ0) is 10.4. The first-order chi connectivity index (χ1) is 6.74. The Bertz CT molecular complexity index is 253. The lowest BCUT2D eigenvalue weighted by Crippen LogP contribution is -2.30.